The maximum absolute atomic E-state index is 12.5. The molecule has 0 aliphatic carbocycles. The van der Waals surface area contributed by atoms with Crippen LogP contribution in [0.2, 0.25) is 0 Å². The molecule has 0 aromatic heterocycles. The van der Waals surface area contributed by atoms with E-state index >= 15 is 0 Å². The van der Waals surface area contributed by atoms with E-state index in [4.69, 9.17) is 0 Å². The lowest BCUT2D eigenvalue weighted by molar-refractivity contribution is -0.137. The molecular weight excluding hydrogens is 293 g/mol. The summed E-state index contributed by atoms with van der Waals surface area (Å²) < 4.78 is 61.5. The summed E-state index contributed by atoms with van der Waals surface area (Å²) in [5.74, 6) is -1.70. The number of hydrogen-bond acceptors (Lipinski definition) is 3. The van der Waals surface area contributed by atoms with Crippen LogP contribution in [0, 0.1) is 5.92 Å². The number of Topliss-reactive ketones (excluding diaryl/α,β-unsaturated/α-hetero) is 1. The zero-order valence-corrected chi connectivity index (χ0v) is 11.9. The second-order valence-corrected chi connectivity index (χ2v) is 6.55. The highest BCUT2D eigenvalue weighted by Crippen LogP contribution is 2.30. The third kappa shape index (κ3) is 4.06. The van der Waals surface area contributed by atoms with Crippen LogP contribution in [0.1, 0.15) is 25.8 Å². The fraction of sp³-hybridized carbons (Fsp3) is 0.462. The number of benzene rings is 1. The first-order valence-electron chi connectivity index (χ1n) is 6.00. The number of carbonyl (C=O) groups excluding carboxylic acids is 1. The molecule has 20 heavy (non-hydrogen) atoms. The average Bonchev–Trinajstić information content (AvgIpc) is 2.36. The Labute approximate surface area is 115 Å². The number of carbonyl (C=O) groups is 1. The molecule has 3 nitrogen and oxygen atoms in total. The van der Waals surface area contributed by atoms with Crippen molar-refractivity contribution in [3.63, 3.8) is 0 Å². The van der Waals surface area contributed by atoms with Crippen molar-refractivity contribution in [2.45, 2.75) is 31.3 Å². The number of alkyl halides is 3. The van der Waals surface area contributed by atoms with Crippen molar-refractivity contribution in [2.75, 3.05) is 5.75 Å². The molecule has 0 fully saturated rings. The Morgan fingerprint density at radius 2 is 1.90 bits per heavy atom. The predicted octanol–water partition coefficient (Wildman–Crippen LogP) is 3.09. The van der Waals surface area contributed by atoms with Crippen molar-refractivity contribution < 1.29 is 26.4 Å². The number of ketones is 1. The Morgan fingerprint density at radius 1 is 1.30 bits per heavy atom. The smallest absolute Gasteiger partial charge is 0.298 e. The summed E-state index contributed by atoms with van der Waals surface area (Å²) in [5, 5.41) is 0. The van der Waals surface area contributed by atoms with Gasteiger partial charge < -0.3 is 0 Å². The number of rotatable bonds is 5. The first-order chi connectivity index (χ1) is 9.08. The van der Waals surface area contributed by atoms with Crippen LogP contribution in [0.15, 0.2) is 29.2 Å². The Kier molecular flexibility index (Phi) is 4.96. The lowest BCUT2D eigenvalue weighted by Gasteiger charge is -2.10. The molecular formula is C13H15F3O3S. The van der Waals surface area contributed by atoms with E-state index in [1.807, 2.05) is 0 Å². The Balaban J connectivity index is 3.08. The van der Waals surface area contributed by atoms with Gasteiger partial charge in [-0.2, -0.15) is 13.2 Å². The van der Waals surface area contributed by atoms with E-state index in [9.17, 15) is 26.4 Å². The number of sulfone groups is 1. The molecule has 1 aromatic carbocycles. The molecule has 0 spiro atoms. The van der Waals surface area contributed by atoms with Crippen LogP contribution >= 0.6 is 0 Å². The summed E-state index contributed by atoms with van der Waals surface area (Å²) in [6.45, 7) is 3.32. The van der Waals surface area contributed by atoms with Crippen molar-refractivity contribution in [1.82, 2.24) is 0 Å². The van der Waals surface area contributed by atoms with Gasteiger partial charge in [-0.05, 0) is 24.6 Å². The van der Waals surface area contributed by atoms with Gasteiger partial charge in [-0.3, -0.25) is 4.79 Å². The quantitative estimate of drug-likeness (QED) is 0.840. The number of halogens is 3. The summed E-state index contributed by atoms with van der Waals surface area (Å²) in [6, 6.07) is 3.42. The van der Waals surface area contributed by atoms with E-state index in [0.717, 1.165) is 18.2 Å². The molecule has 1 unspecified atom stereocenters. The molecule has 0 N–H and O–H groups in total. The Bertz CT molecular complexity index is 591. The van der Waals surface area contributed by atoms with E-state index in [-0.39, 0.29) is 0 Å². The Morgan fingerprint density at radius 3 is 2.40 bits per heavy atom. The van der Waals surface area contributed by atoms with Gasteiger partial charge in [0.1, 0.15) is 5.75 Å². The minimum absolute atomic E-state index is 0.435. The van der Waals surface area contributed by atoms with Gasteiger partial charge in [0.2, 0.25) is 0 Å². The fourth-order valence-electron chi connectivity index (χ4n) is 1.51. The largest absolute Gasteiger partial charge is 0.416 e. The zero-order chi connectivity index (χ0) is 15.6. The van der Waals surface area contributed by atoms with Gasteiger partial charge in [-0.15, -0.1) is 0 Å². The lowest BCUT2D eigenvalue weighted by Crippen LogP contribution is -2.22. The average molecular weight is 308 g/mol. The molecule has 0 aliphatic rings. The van der Waals surface area contributed by atoms with Crippen molar-refractivity contribution in [3.8, 4) is 0 Å². The second kappa shape index (κ2) is 5.95. The molecule has 0 saturated carbocycles. The fourth-order valence-corrected chi connectivity index (χ4v) is 2.92. The van der Waals surface area contributed by atoms with Crippen LogP contribution in [0.3, 0.4) is 0 Å². The summed E-state index contributed by atoms with van der Waals surface area (Å²) in [5.41, 5.74) is -1.05. The summed E-state index contributed by atoms with van der Waals surface area (Å²) in [4.78, 5) is 11.2. The van der Waals surface area contributed by atoms with E-state index in [0.29, 0.717) is 12.5 Å². The molecule has 112 valence electrons. The molecule has 0 saturated heterocycles. The van der Waals surface area contributed by atoms with Crippen LogP contribution < -0.4 is 0 Å². The lowest BCUT2D eigenvalue weighted by atomic mass is 10.1. The van der Waals surface area contributed by atoms with Crippen LogP contribution in [0.25, 0.3) is 0 Å². The standard InChI is InChI=1S/C13H15F3O3S/c1-3-9(2)12(17)8-20(18,19)11-6-4-5-10(7-11)13(14,15)16/h4-7,9H,3,8H2,1-2H3. The molecule has 0 heterocycles. The van der Waals surface area contributed by atoms with Crippen molar-refractivity contribution in [3.05, 3.63) is 29.8 Å². The van der Waals surface area contributed by atoms with Gasteiger partial charge in [0, 0.05) is 5.92 Å². The zero-order valence-electron chi connectivity index (χ0n) is 11.1. The minimum atomic E-state index is -4.62. The van der Waals surface area contributed by atoms with Gasteiger partial charge in [-0.25, -0.2) is 8.42 Å². The van der Waals surface area contributed by atoms with E-state index in [1.54, 1.807) is 13.8 Å². The summed E-state index contributed by atoms with van der Waals surface area (Å²) in [6.07, 6.45) is -4.14. The first-order valence-corrected chi connectivity index (χ1v) is 7.66. The predicted molar refractivity (Wildman–Crippen MR) is 68.0 cm³/mol. The van der Waals surface area contributed by atoms with Gasteiger partial charge >= 0.3 is 6.18 Å². The third-order valence-electron chi connectivity index (χ3n) is 3.01. The topological polar surface area (TPSA) is 51.2 Å². The molecule has 1 rings (SSSR count). The normalized spacial score (nSPS) is 14.1. The van der Waals surface area contributed by atoms with Crippen molar-refractivity contribution in [1.29, 1.82) is 0 Å². The minimum Gasteiger partial charge on any atom is -0.298 e. The molecule has 0 bridgehead atoms. The summed E-state index contributed by atoms with van der Waals surface area (Å²) in [7, 11) is -4.05. The SMILES string of the molecule is CCC(C)C(=O)CS(=O)(=O)c1cccc(C(F)(F)F)c1. The highest BCUT2D eigenvalue weighted by Gasteiger charge is 2.32. The third-order valence-corrected chi connectivity index (χ3v) is 4.65. The molecule has 0 amide bonds. The Hall–Kier alpha value is -1.37. The molecule has 0 radical (unpaired) electrons. The van der Waals surface area contributed by atoms with Crippen LogP contribution in [0.5, 0.6) is 0 Å². The van der Waals surface area contributed by atoms with Crippen LogP contribution in [-0.2, 0) is 20.8 Å². The molecule has 1 atom stereocenters. The molecule has 0 aliphatic heterocycles. The maximum atomic E-state index is 12.5. The van der Waals surface area contributed by atoms with E-state index in [1.165, 1.54) is 0 Å². The summed E-state index contributed by atoms with van der Waals surface area (Å²) >= 11 is 0. The molecule has 7 heteroatoms. The monoisotopic (exact) mass is 308 g/mol. The molecule has 1 aromatic rings. The maximum Gasteiger partial charge on any atom is 0.416 e. The van der Waals surface area contributed by atoms with Crippen LogP contribution in [-0.4, -0.2) is 20.0 Å². The van der Waals surface area contributed by atoms with E-state index in [2.05, 4.69) is 0 Å². The van der Waals surface area contributed by atoms with Crippen LogP contribution in [0.4, 0.5) is 13.2 Å². The highest BCUT2D eigenvalue weighted by molar-refractivity contribution is 7.92. The van der Waals surface area contributed by atoms with Gasteiger partial charge in [0.05, 0.1) is 10.5 Å². The highest BCUT2D eigenvalue weighted by atomic mass is 32.2. The van der Waals surface area contributed by atoms with E-state index < -0.39 is 43.9 Å². The van der Waals surface area contributed by atoms with Gasteiger partial charge in [0.15, 0.2) is 15.6 Å². The van der Waals surface area contributed by atoms with Gasteiger partial charge in [0.25, 0.3) is 0 Å². The van der Waals surface area contributed by atoms with Gasteiger partial charge in [-0.1, -0.05) is 19.9 Å². The van der Waals surface area contributed by atoms with Crippen molar-refractivity contribution >= 4 is 15.6 Å². The second-order valence-electron chi connectivity index (χ2n) is 4.56. The number of hydrogen-bond donors (Lipinski definition) is 0. The van der Waals surface area contributed by atoms with Crippen molar-refractivity contribution in [2.24, 2.45) is 5.92 Å². The first kappa shape index (κ1) is 16.7.